The SMILES string of the molecule is N#Cc1cc(C#N)cc(-c2ccc3c(c2)c2cc(-c4cc(C#N)cc(C#N)c4)ccc2n3-c2cc(-c3ccc(F)cc3F)ccc2-c2nc(-c3ccccc3)nc(-c3ccccc3)n2)c1. The highest BCUT2D eigenvalue weighted by atomic mass is 19.1. The van der Waals surface area contributed by atoms with Crippen LogP contribution in [0.25, 0.3) is 95.0 Å². The summed E-state index contributed by atoms with van der Waals surface area (Å²) in [5, 5.41) is 40.9. The van der Waals surface area contributed by atoms with Gasteiger partial charge in [0.1, 0.15) is 11.6 Å². The standard InChI is InChI=1S/C55H28F2N8/c56-44-14-16-45(49(57)28-44)41-11-15-46(55-63-53(37-7-3-1-4-8-37)62-54(64-55)38-9-5-2-6-10-38)52(27-41)65-50-17-12-39(42-21-33(29-58)19-34(22-42)30-59)25-47(50)48-26-40(13-18-51(48)65)43-23-35(31-60)20-36(24-43)32-61/h1-28H. The molecule has 0 N–H and O–H groups in total. The van der Waals surface area contributed by atoms with Crippen LogP contribution in [-0.2, 0) is 0 Å². The lowest BCUT2D eigenvalue weighted by molar-refractivity contribution is 0.585. The van der Waals surface area contributed by atoms with Gasteiger partial charge in [0.05, 0.1) is 63.3 Å². The fraction of sp³-hybridized carbons (Fsp3) is 0. The molecule has 10 aromatic rings. The minimum Gasteiger partial charge on any atom is -0.308 e. The summed E-state index contributed by atoms with van der Waals surface area (Å²) in [6, 6.07) is 58.5. The van der Waals surface area contributed by atoms with Gasteiger partial charge in [0.15, 0.2) is 17.5 Å². The molecular formula is C55H28F2N8. The first kappa shape index (κ1) is 39.5. The molecule has 302 valence electrons. The summed E-state index contributed by atoms with van der Waals surface area (Å²) in [5.74, 6) is -0.201. The van der Waals surface area contributed by atoms with Gasteiger partial charge in [0.2, 0.25) is 0 Å². The predicted octanol–water partition coefficient (Wildman–Crippen LogP) is 12.7. The van der Waals surface area contributed by atoms with E-state index in [0.29, 0.717) is 67.7 Å². The number of nitrogens with zero attached hydrogens (tertiary/aromatic N) is 8. The minimum atomic E-state index is -0.731. The van der Waals surface area contributed by atoms with Gasteiger partial charge in [-0.05, 0) is 113 Å². The van der Waals surface area contributed by atoms with Crippen molar-refractivity contribution in [3.05, 3.63) is 204 Å². The van der Waals surface area contributed by atoms with Crippen molar-refractivity contribution in [2.75, 3.05) is 0 Å². The first-order valence-corrected chi connectivity index (χ1v) is 20.3. The summed E-state index contributed by atoms with van der Waals surface area (Å²) < 4.78 is 32.0. The molecule has 8 aromatic carbocycles. The van der Waals surface area contributed by atoms with Gasteiger partial charge in [-0.2, -0.15) is 21.0 Å². The fourth-order valence-electron chi connectivity index (χ4n) is 8.21. The van der Waals surface area contributed by atoms with Gasteiger partial charge in [-0.25, -0.2) is 23.7 Å². The number of rotatable bonds is 7. The van der Waals surface area contributed by atoms with Crippen molar-refractivity contribution >= 4 is 21.8 Å². The van der Waals surface area contributed by atoms with Crippen LogP contribution in [0.4, 0.5) is 8.78 Å². The normalized spacial score (nSPS) is 10.9. The van der Waals surface area contributed by atoms with Crippen molar-refractivity contribution < 1.29 is 8.78 Å². The van der Waals surface area contributed by atoms with Gasteiger partial charge in [-0.3, -0.25) is 0 Å². The Labute approximate surface area is 371 Å². The van der Waals surface area contributed by atoms with E-state index in [1.54, 1.807) is 30.3 Å². The maximum atomic E-state index is 15.7. The second-order valence-corrected chi connectivity index (χ2v) is 15.2. The second-order valence-electron chi connectivity index (χ2n) is 15.2. The number of benzene rings is 8. The molecule has 8 nitrogen and oxygen atoms in total. The monoisotopic (exact) mass is 838 g/mol. The van der Waals surface area contributed by atoms with Crippen molar-refractivity contribution in [1.82, 2.24) is 19.5 Å². The molecule has 65 heavy (non-hydrogen) atoms. The Morgan fingerprint density at radius 1 is 0.369 bits per heavy atom. The number of hydrogen-bond donors (Lipinski definition) is 0. The van der Waals surface area contributed by atoms with Crippen LogP contribution in [0.3, 0.4) is 0 Å². The Morgan fingerprint density at radius 2 is 0.815 bits per heavy atom. The van der Waals surface area contributed by atoms with Crippen molar-refractivity contribution in [2.24, 2.45) is 0 Å². The maximum Gasteiger partial charge on any atom is 0.166 e. The molecule has 0 fully saturated rings. The molecule has 0 unspecified atom stereocenters. The van der Waals surface area contributed by atoms with E-state index in [1.807, 2.05) is 114 Å². The molecule has 0 aliphatic carbocycles. The van der Waals surface area contributed by atoms with Gasteiger partial charge in [-0.15, -0.1) is 0 Å². The summed E-state index contributed by atoms with van der Waals surface area (Å²) in [4.78, 5) is 15.0. The number of aromatic nitrogens is 4. The van der Waals surface area contributed by atoms with E-state index >= 15 is 4.39 Å². The third kappa shape index (κ3) is 7.36. The van der Waals surface area contributed by atoms with Crippen LogP contribution >= 0.6 is 0 Å². The van der Waals surface area contributed by atoms with E-state index in [1.165, 1.54) is 24.3 Å². The highest BCUT2D eigenvalue weighted by Gasteiger charge is 2.22. The number of halogens is 2. The number of hydrogen-bond acceptors (Lipinski definition) is 7. The van der Waals surface area contributed by atoms with Crippen molar-refractivity contribution in [1.29, 1.82) is 21.0 Å². The van der Waals surface area contributed by atoms with Crippen molar-refractivity contribution in [3.8, 4) is 97.5 Å². The Hall–Kier alpha value is -9.61. The van der Waals surface area contributed by atoms with Crippen LogP contribution in [0.2, 0.25) is 0 Å². The molecule has 0 aliphatic rings. The minimum absolute atomic E-state index is 0.187. The lowest BCUT2D eigenvalue weighted by Crippen LogP contribution is -2.04. The molecule has 0 amide bonds. The Morgan fingerprint density at radius 3 is 1.28 bits per heavy atom. The van der Waals surface area contributed by atoms with Crippen molar-refractivity contribution in [2.45, 2.75) is 0 Å². The van der Waals surface area contributed by atoms with E-state index in [4.69, 9.17) is 15.0 Å². The fourth-order valence-corrected chi connectivity index (χ4v) is 8.21. The third-order valence-electron chi connectivity index (χ3n) is 11.2. The van der Waals surface area contributed by atoms with E-state index < -0.39 is 11.6 Å². The molecule has 2 aromatic heterocycles. The molecule has 0 saturated heterocycles. The number of fused-ring (bicyclic) bond motifs is 3. The highest BCUT2D eigenvalue weighted by Crippen LogP contribution is 2.41. The average molecular weight is 839 g/mol. The quantitative estimate of drug-likeness (QED) is 0.156. The lowest BCUT2D eigenvalue weighted by Gasteiger charge is -2.17. The summed E-state index contributed by atoms with van der Waals surface area (Å²) in [6.45, 7) is 0. The van der Waals surface area contributed by atoms with Crippen LogP contribution < -0.4 is 0 Å². The molecule has 0 saturated carbocycles. The molecule has 0 atom stereocenters. The summed E-state index contributed by atoms with van der Waals surface area (Å²) in [6.07, 6.45) is 0. The van der Waals surface area contributed by atoms with Crippen LogP contribution in [0.15, 0.2) is 170 Å². The first-order chi connectivity index (χ1) is 31.8. The van der Waals surface area contributed by atoms with E-state index in [2.05, 4.69) is 24.3 Å². The zero-order chi connectivity index (χ0) is 44.6. The summed E-state index contributed by atoms with van der Waals surface area (Å²) in [5.41, 5.74) is 9.02. The summed E-state index contributed by atoms with van der Waals surface area (Å²) in [7, 11) is 0. The molecule has 10 heteroatoms. The van der Waals surface area contributed by atoms with Gasteiger partial charge in [-0.1, -0.05) is 78.9 Å². The lowest BCUT2D eigenvalue weighted by atomic mass is 9.97. The van der Waals surface area contributed by atoms with Crippen LogP contribution in [-0.4, -0.2) is 19.5 Å². The smallest absolute Gasteiger partial charge is 0.166 e. The van der Waals surface area contributed by atoms with Gasteiger partial charge < -0.3 is 4.57 Å². The van der Waals surface area contributed by atoms with Crippen LogP contribution in [0.1, 0.15) is 22.3 Å². The second kappa shape index (κ2) is 16.3. The summed E-state index contributed by atoms with van der Waals surface area (Å²) >= 11 is 0. The van der Waals surface area contributed by atoms with Gasteiger partial charge in [0, 0.05) is 39.1 Å². The van der Waals surface area contributed by atoms with Crippen LogP contribution in [0.5, 0.6) is 0 Å². The maximum absolute atomic E-state index is 15.7. The highest BCUT2D eigenvalue weighted by molar-refractivity contribution is 6.12. The van der Waals surface area contributed by atoms with Crippen molar-refractivity contribution in [3.63, 3.8) is 0 Å². The predicted molar refractivity (Wildman–Crippen MR) is 246 cm³/mol. The van der Waals surface area contributed by atoms with E-state index in [0.717, 1.165) is 50.1 Å². The zero-order valence-electron chi connectivity index (χ0n) is 34.0. The molecule has 0 spiro atoms. The average Bonchev–Trinajstić information content (AvgIpc) is 3.69. The molecule has 10 rings (SSSR count). The molecule has 0 bridgehead atoms. The van der Waals surface area contributed by atoms with Gasteiger partial charge in [0.25, 0.3) is 0 Å². The van der Waals surface area contributed by atoms with E-state index in [9.17, 15) is 25.4 Å². The third-order valence-corrected chi connectivity index (χ3v) is 11.2. The van der Waals surface area contributed by atoms with E-state index in [-0.39, 0.29) is 5.56 Å². The molecule has 0 aliphatic heterocycles. The first-order valence-electron chi connectivity index (χ1n) is 20.3. The largest absolute Gasteiger partial charge is 0.308 e. The van der Waals surface area contributed by atoms with Crippen LogP contribution in [0, 0.1) is 57.0 Å². The van der Waals surface area contributed by atoms with Gasteiger partial charge >= 0.3 is 0 Å². The molecule has 0 radical (unpaired) electrons. The Balaban J connectivity index is 1.30. The molecule has 2 heterocycles. The Bertz CT molecular complexity index is 3480. The zero-order valence-corrected chi connectivity index (χ0v) is 34.0. The molecular weight excluding hydrogens is 811 g/mol. The Kier molecular flexibility index (Phi) is 9.94. The topological polar surface area (TPSA) is 139 Å². The number of nitriles is 4.